The molecule has 0 aliphatic carbocycles. The Hall–Kier alpha value is -2.08. The number of rotatable bonds is 7. The summed E-state index contributed by atoms with van der Waals surface area (Å²) in [5.41, 5.74) is 0.783. The quantitative estimate of drug-likeness (QED) is 0.488. The van der Waals surface area contributed by atoms with Crippen LogP contribution < -0.4 is 5.32 Å². The fraction of sp³-hybridized carbons (Fsp3) is 0.476. The number of nitrogens with one attached hydrogen (secondary N) is 1. The number of carbonyl (C=O) groups excluding carboxylic acids is 1. The number of hydrogen-bond acceptors (Lipinski definition) is 9. The molecule has 4 rings (SSSR count). The van der Waals surface area contributed by atoms with Gasteiger partial charge in [-0.1, -0.05) is 6.42 Å². The van der Waals surface area contributed by atoms with E-state index in [9.17, 15) is 13.2 Å². The second-order valence-electron chi connectivity index (χ2n) is 7.62. The van der Waals surface area contributed by atoms with E-state index in [0.717, 1.165) is 39.9 Å². The largest absolute Gasteiger partial charge is 0.462 e. The number of anilines is 1. The Morgan fingerprint density at radius 2 is 1.91 bits per heavy atom. The molecule has 0 saturated carbocycles. The predicted octanol–water partition coefficient (Wildman–Crippen LogP) is 4.33. The van der Waals surface area contributed by atoms with Crippen molar-refractivity contribution < 1.29 is 17.9 Å². The molecule has 11 heteroatoms. The van der Waals surface area contributed by atoms with E-state index in [0.29, 0.717) is 47.0 Å². The standard InChI is InChI=1S/C21H26N4O4S3/c1-4-29-21(26)18-13(2)17-19(23-14(3)24-20(17)31-18)22-12-15-8-9-16(30-15)32(27,28)25-10-6-5-7-11-25/h8-9H,4-7,10-12H2,1-3H3,(H,22,23,24). The van der Waals surface area contributed by atoms with Crippen LogP contribution in [0.1, 0.15) is 52.1 Å². The number of nitrogens with zero attached hydrogens (tertiary/aromatic N) is 3. The molecule has 0 unspecified atom stereocenters. The van der Waals surface area contributed by atoms with Gasteiger partial charge in [0.05, 0.1) is 18.5 Å². The van der Waals surface area contributed by atoms with Gasteiger partial charge in [-0.15, -0.1) is 22.7 Å². The Morgan fingerprint density at radius 1 is 1.16 bits per heavy atom. The molecule has 1 fully saturated rings. The van der Waals surface area contributed by atoms with E-state index in [2.05, 4.69) is 15.3 Å². The van der Waals surface area contributed by atoms with Gasteiger partial charge in [0.1, 0.15) is 25.6 Å². The highest BCUT2D eigenvalue weighted by atomic mass is 32.2. The van der Waals surface area contributed by atoms with Gasteiger partial charge >= 0.3 is 5.97 Å². The first-order chi connectivity index (χ1) is 15.3. The van der Waals surface area contributed by atoms with Crippen LogP contribution in [0, 0.1) is 13.8 Å². The van der Waals surface area contributed by atoms with E-state index in [1.807, 2.05) is 13.0 Å². The van der Waals surface area contributed by atoms with Crippen molar-refractivity contribution in [2.45, 2.75) is 50.8 Å². The number of carbonyl (C=O) groups is 1. The van der Waals surface area contributed by atoms with Gasteiger partial charge in [0.2, 0.25) is 0 Å². The van der Waals surface area contributed by atoms with E-state index in [4.69, 9.17) is 4.74 Å². The maximum absolute atomic E-state index is 12.9. The van der Waals surface area contributed by atoms with Crippen molar-refractivity contribution in [1.82, 2.24) is 14.3 Å². The summed E-state index contributed by atoms with van der Waals surface area (Å²) in [6, 6.07) is 3.52. The molecule has 3 aromatic rings. The first kappa shape index (κ1) is 23.1. The minimum absolute atomic E-state index is 0.309. The third kappa shape index (κ3) is 4.52. The Labute approximate surface area is 195 Å². The van der Waals surface area contributed by atoms with E-state index < -0.39 is 10.0 Å². The lowest BCUT2D eigenvalue weighted by Crippen LogP contribution is -2.35. The van der Waals surface area contributed by atoms with Crippen molar-refractivity contribution in [2.75, 3.05) is 25.0 Å². The van der Waals surface area contributed by atoms with E-state index >= 15 is 0 Å². The van der Waals surface area contributed by atoms with Crippen LogP contribution in [0.25, 0.3) is 10.2 Å². The van der Waals surface area contributed by atoms with Crippen LogP contribution in [0.2, 0.25) is 0 Å². The van der Waals surface area contributed by atoms with Gasteiger partial charge in [-0.2, -0.15) is 4.31 Å². The molecule has 1 N–H and O–H groups in total. The topological polar surface area (TPSA) is 101 Å². The molecule has 0 amide bonds. The van der Waals surface area contributed by atoms with Gasteiger partial charge in [0.15, 0.2) is 0 Å². The van der Waals surface area contributed by atoms with Crippen molar-refractivity contribution in [3.8, 4) is 0 Å². The molecule has 1 saturated heterocycles. The molecular weight excluding hydrogens is 468 g/mol. The van der Waals surface area contributed by atoms with Crippen LogP contribution in [0.4, 0.5) is 5.82 Å². The maximum atomic E-state index is 12.9. The van der Waals surface area contributed by atoms with Gasteiger partial charge in [-0.25, -0.2) is 23.2 Å². The second kappa shape index (κ2) is 9.42. The minimum atomic E-state index is -3.44. The van der Waals surface area contributed by atoms with Crippen LogP contribution in [-0.2, 0) is 21.3 Å². The van der Waals surface area contributed by atoms with Gasteiger partial charge in [-0.05, 0) is 51.3 Å². The molecule has 1 aliphatic heterocycles. The number of aryl methyl sites for hydroxylation is 2. The summed E-state index contributed by atoms with van der Waals surface area (Å²) in [4.78, 5) is 23.5. The van der Waals surface area contributed by atoms with Crippen molar-refractivity contribution in [3.05, 3.63) is 33.3 Å². The SMILES string of the molecule is CCOC(=O)c1sc2nc(C)nc(NCc3ccc(S(=O)(=O)N4CCCCC4)s3)c2c1C. The molecule has 4 heterocycles. The molecule has 32 heavy (non-hydrogen) atoms. The van der Waals surface area contributed by atoms with Crippen molar-refractivity contribution >= 4 is 54.7 Å². The van der Waals surface area contributed by atoms with Gasteiger partial charge < -0.3 is 10.1 Å². The second-order valence-corrected chi connectivity index (χ2v) is 11.9. The zero-order valence-electron chi connectivity index (χ0n) is 18.3. The average Bonchev–Trinajstić information content (AvgIpc) is 3.38. The lowest BCUT2D eigenvalue weighted by atomic mass is 10.2. The third-order valence-corrected chi connectivity index (χ3v) is 9.96. The van der Waals surface area contributed by atoms with Gasteiger partial charge in [0.25, 0.3) is 10.0 Å². The summed E-state index contributed by atoms with van der Waals surface area (Å²) in [7, 11) is -3.44. The molecule has 1 aliphatic rings. The van der Waals surface area contributed by atoms with Gasteiger partial charge in [-0.3, -0.25) is 0 Å². The molecule has 0 aromatic carbocycles. The summed E-state index contributed by atoms with van der Waals surface area (Å²) >= 11 is 2.57. The molecule has 172 valence electrons. The fourth-order valence-corrected chi connectivity index (χ4v) is 7.85. The number of hydrogen-bond donors (Lipinski definition) is 1. The lowest BCUT2D eigenvalue weighted by Gasteiger charge is -2.25. The van der Waals surface area contributed by atoms with E-state index in [-0.39, 0.29) is 5.97 Å². The van der Waals surface area contributed by atoms with E-state index in [1.165, 1.54) is 22.7 Å². The molecule has 0 atom stereocenters. The Balaban J connectivity index is 1.57. The molecule has 3 aromatic heterocycles. The molecule has 8 nitrogen and oxygen atoms in total. The van der Waals surface area contributed by atoms with Crippen molar-refractivity contribution in [2.24, 2.45) is 0 Å². The Bertz CT molecular complexity index is 1240. The monoisotopic (exact) mass is 494 g/mol. The van der Waals surface area contributed by atoms with Crippen molar-refractivity contribution in [3.63, 3.8) is 0 Å². The normalized spacial score (nSPS) is 15.2. The Morgan fingerprint density at radius 3 is 2.62 bits per heavy atom. The van der Waals surface area contributed by atoms with Crippen LogP contribution in [0.3, 0.4) is 0 Å². The highest BCUT2D eigenvalue weighted by Crippen LogP contribution is 2.35. The fourth-order valence-electron chi connectivity index (χ4n) is 3.76. The number of ether oxygens (including phenoxy) is 1. The maximum Gasteiger partial charge on any atom is 0.348 e. The molecular formula is C21H26N4O4S3. The summed E-state index contributed by atoms with van der Waals surface area (Å²) in [5, 5.41) is 4.11. The minimum Gasteiger partial charge on any atom is -0.462 e. The summed E-state index contributed by atoms with van der Waals surface area (Å²) in [6.45, 7) is 7.36. The van der Waals surface area contributed by atoms with Crippen LogP contribution >= 0.6 is 22.7 Å². The number of piperidine rings is 1. The van der Waals surface area contributed by atoms with Crippen LogP contribution in [0.15, 0.2) is 16.3 Å². The average molecular weight is 495 g/mol. The van der Waals surface area contributed by atoms with Crippen LogP contribution in [0.5, 0.6) is 0 Å². The number of thiophene rings is 2. The van der Waals surface area contributed by atoms with Gasteiger partial charge in [0, 0.05) is 18.0 Å². The predicted molar refractivity (Wildman–Crippen MR) is 127 cm³/mol. The first-order valence-corrected chi connectivity index (χ1v) is 13.7. The summed E-state index contributed by atoms with van der Waals surface area (Å²) in [6.07, 6.45) is 2.91. The number of esters is 1. The first-order valence-electron chi connectivity index (χ1n) is 10.6. The number of sulfonamides is 1. The van der Waals surface area contributed by atoms with Crippen LogP contribution in [-0.4, -0.2) is 48.4 Å². The lowest BCUT2D eigenvalue weighted by molar-refractivity contribution is 0.0531. The smallest absolute Gasteiger partial charge is 0.348 e. The molecule has 0 spiro atoms. The Kier molecular flexibility index (Phi) is 6.80. The number of fused-ring (bicyclic) bond motifs is 1. The summed E-state index contributed by atoms with van der Waals surface area (Å²) < 4.78 is 32.9. The summed E-state index contributed by atoms with van der Waals surface area (Å²) in [5.74, 6) is 0.865. The highest BCUT2D eigenvalue weighted by Gasteiger charge is 2.27. The van der Waals surface area contributed by atoms with E-state index in [1.54, 1.807) is 24.2 Å². The number of aromatic nitrogens is 2. The molecule has 0 radical (unpaired) electrons. The highest BCUT2D eigenvalue weighted by molar-refractivity contribution is 7.91. The zero-order chi connectivity index (χ0) is 22.9. The third-order valence-electron chi connectivity index (χ3n) is 5.34. The zero-order valence-corrected chi connectivity index (χ0v) is 20.8. The molecule has 0 bridgehead atoms. The van der Waals surface area contributed by atoms with Crippen molar-refractivity contribution in [1.29, 1.82) is 0 Å².